The van der Waals surface area contributed by atoms with E-state index in [4.69, 9.17) is 5.73 Å². The Balaban J connectivity index is 1.90. The van der Waals surface area contributed by atoms with Gasteiger partial charge in [-0.2, -0.15) is 0 Å². The zero-order valence-electron chi connectivity index (χ0n) is 10.3. The summed E-state index contributed by atoms with van der Waals surface area (Å²) in [6.45, 7) is 2.13. The first-order valence-electron chi connectivity index (χ1n) is 6.57. The fourth-order valence-corrected chi connectivity index (χ4v) is 2.73. The van der Waals surface area contributed by atoms with Gasteiger partial charge >= 0.3 is 0 Å². The van der Waals surface area contributed by atoms with Gasteiger partial charge in [0.25, 0.3) is 0 Å². The minimum atomic E-state index is 0.364. The van der Waals surface area contributed by atoms with E-state index < -0.39 is 0 Å². The van der Waals surface area contributed by atoms with Crippen LogP contribution < -0.4 is 5.73 Å². The molecule has 0 aliphatic heterocycles. The summed E-state index contributed by atoms with van der Waals surface area (Å²) in [6, 6.07) is 9.17. The molecule has 0 aromatic heterocycles. The van der Waals surface area contributed by atoms with E-state index >= 15 is 0 Å². The van der Waals surface area contributed by atoms with Gasteiger partial charge in [-0.25, -0.2) is 0 Å². The number of benzene rings is 1. The lowest BCUT2D eigenvalue weighted by molar-refractivity contribution is 0.303. The lowest BCUT2D eigenvalue weighted by atomic mass is 9.82. The molecule has 1 nitrogen and oxygen atoms in total. The van der Waals surface area contributed by atoms with Gasteiger partial charge in [0.05, 0.1) is 0 Å². The first-order chi connectivity index (χ1) is 7.75. The van der Waals surface area contributed by atoms with Gasteiger partial charge in [-0.3, -0.25) is 0 Å². The molecule has 88 valence electrons. The molecular weight excluding hydrogens is 194 g/mol. The smallest absolute Gasteiger partial charge is 0.0108 e. The molecule has 2 rings (SSSR count). The molecule has 0 saturated heterocycles. The Morgan fingerprint density at radius 3 is 2.38 bits per heavy atom. The number of hydrogen-bond donors (Lipinski definition) is 1. The highest BCUT2D eigenvalue weighted by Gasteiger charge is 2.20. The molecule has 1 aromatic carbocycles. The van der Waals surface area contributed by atoms with Gasteiger partial charge in [-0.1, -0.05) is 49.1 Å². The normalized spacial score (nSPS) is 19.6. The summed E-state index contributed by atoms with van der Waals surface area (Å²) < 4.78 is 0. The van der Waals surface area contributed by atoms with Crippen LogP contribution in [0.15, 0.2) is 24.3 Å². The van der Waals surface area contributed by atoms with Gasteiger partial charge < -0.3 is 5.73 Å². The molecule has 1 aromatic rings. The quantitative estimate of drug-likeness (QED) is 0.824. The van der Waals surface area contributed by atoms with Crippen LogP contribution in [0.4, 0.5) is 0 Å². The number of hydrogen-bond acceptors (Lipinski definition) is 1. The van der Waals surface area contributed by atoms with E-state index in [0.29, 0.717) is 6.04 Å². The van der Waals surface area contributed by atoms with Crippen LogP contribution in [0, 0.1) is 12.8 Å². The highest BCUT2D eigenvalue weighted by Crippen LogP contribution is 2.27. The molecule has 1 atom stereocenters. The summed E-state index contributed by atoms with van der Waals surface area (Å²) in [5.74, 6) is 0.759. The van der Waals surface area contributed by atoms with E-state index in [0.717, 1.165) is 12.3 Å². The number of nitrogens with two attached hydrogens (primary N) is 1. The van der Waals surface area contributed by atoms with Crippen LogP contribution in [0.25, 0.3) is 0 Å². The van der Waals surface area contributed by atoms with Crippen molar-refractivity contribution >= 4 is 0 Å². The van der Waals surface area contributed by atoms with Crippen LogP contribution >= 0.6 is 0 Å². The zero-order chi connectivity index (χ0) is 11.4. The Bertz CT molecular complexity index is 309. The van der Waals surface area contributed by atoms with Crippen LogP contribution in [0.2, 0.25) is 0 Å². The predicted octanol–water partition coefficient (Wildman–Crippen LogP) is 3.45. The maximum atomic E-state index is 6.32. The minimum absolute atomic E-state index is 0.364. The van der Waals surface area contributed by atoms with Crippen molar-refractivity contribution < 1.29 is 0 Å². The Morgan fingerprint density at radius 1 is 1.12 bits per heavy atom. The van der Waals surface area contributed by atoms with Crippen molar-refractivity contribution in [3.05, 3.63) is 35.4 Å². The van der Waals surface area contributed by atoms with Gasteiger partial charge in [0.1, 0.15) is 0 Å². The highest BCUT2D eigenvalue weighted by atomic mass is 14.6. The number of rotatable bonds is 3. The predicted molar refractivity (Wildman–Crippen MR) is 69.4 cm³/mol. The SMILES string of the molecule is Cc1ccc(CC(N)C2CCCCC2)cc1. The summed E-state index contributed by atoms with van der Waals surface area (Å²) in [5.41, 5.74) is 9.04. The van der Waals surface area contributed by atoms with Gasteiger partial charge in [-0.05, 0) is 37.7 Å². The van der Waals surface area contributed by atoms with Crippen LogP contribution in [0.3, 0.4) is 0 Å². The molecule has 0 bridgehead atoms. The van der Waals surface area contributed by atoms with Crippen LogP contribution in [0.1, 0.15) is 43.2 Å². The van der Waals surface area contributed by atoms with E-state index in [2.05, 4.69) is 31.2 Å². The van der Waals surface area contributed by atoms with Crippen LogP contribution in [-0.4, -0.2) is 6.04 Å². The second kappa shape index (κ2) is 5.49. The van der Waals surface area contributed by atoms with E-state index in [9.17, 15) is 0 Å². The summed E-state index contributed by atoms with van der Waals surface area (Å²) in [6.07, 6.45) is 7.90. The third-order valence-electron chi connectivity index (χ3n) is 3.85. The molecule has 1 heteroatoms. The molecule has 1 fully saturated rings. The largest absolute Gasteiger partial charge is 0.327 e. The first-order valence-corrected chi connectivity index (χ1v) is 6.57. The van der Waals surface area contributed by atoms with Crippen molar-refractivity contribution in [3.63, 3.8) is 0 Å². The third kappa shape index (κ3) is 3.08. The van der Waals surface area contributed by atoms with E-state index in [1.165, 1.54) is 43.2 Å². The second-order valence-electron chi connectivity index (χ2n) is 5.25. The van der Waals surface area contributed by atoms with Crippen molar-refractivity contribution in [3.8, 4) is 0 Å². The fraction of sp³-hybridized carbons (Fsp3) is 0.600. The summed E-state index contributed by atoms with van der Waals surface area (Å²) in [4.78, 5) is 0. The molecular formula is C15H23N. The van der Waals surface area contributed by atoms with Crippen molar-refractivity contribution in [1.82, 2.24) is 0 Å². The second-order valence-corrected chi connectivity index (χ2v) is 5.25. The van der Waals surface area contributed by atoms with Gasteiger partial charge in [0.15, 0.2) is 0 Å². The molecule has 1 aliphatic carbocycles. The Morgan fingerprint density at radius 2 is 1.75 bits per heavy atom. The van der Waals surface area contributed by atoms with E-state index in [1.54, 1.807) is 0 Å². The standard InChI is InChI=1S/C15H23N/c1-12-7-9-13(10-8-12)11-15(16)14-5-3-2-4-6-14/h7-10,14-15H,2-6,11,16H2,1H3. The maximum Gasteiger partial charge on any atom is 0.0108 e. The van der Waals surface area contributed by atoms with Gasteiger partial charge in [-0.15, -0.1) is 0 Å². The highest BCUT2D eigenvalue weighted by molar-refractivity contribution is 5.22. The fourth-order valence-electron chi connectivity index (χ4n) is 2.73. The summed E-state index contributed by atoms with van der Waals surface area (Å²) in [7, 11) is 0. The Hall–Kier alpha value is -0.820. The summed E-state index contributed by atoms with van der Waals surface area (Å²) in [5, 5.41) is 0. The lowest BCUT2D eigenvalue weighted by Gasteiger charge is -2.27. The Kier molecular flexibility index (Phi) is 4.00. The molecule has 1 aliphatic rings. The van der Waals surface area contributed by atoms with Crippen molar-refractivity contribution in [1.29, 1.82) is 0 Å². The zero-order valence-corrected chi connectivity index (χ0v) is 10.3. The van der Waals surface area contributed by atoms with Gasteiger partial charge in [0, 0.05) is 6.04 Å². The Labute approximate surface area is 99.0 Å². The molecule has 0 heterocycles. The van der Waals surface area contributed by atoms with E-state index in [-0.39, 0.29) is 0 Å². The molecule has 16 heavy (non-hydrogen) atoms. The molecule has 0 spiro atoms. The molecule has 0 radical (unpaired) electrons. The monoisotopic (exact) mass is 217 g/mol. The van der Waals surface area contributed by atoms with E-state index in [1.807, 2.05) is 0 Å². The first kappa shape index (κ1) is 11.7. The molecule has 2 N–H and O–H groups in total. The van der Waals surface area contributed by atoms with Crippen LogP contribution in [0.5, 0.6) is 0 Å². The van der Waals surface area contributed by atoms with Crippen LogP contribution in [-0.2, 0) is 6.42 Å². The van der Waals surface area contributed by atoms with Gasteiger partial charge in [0.2, 0.25) is 0 Å². The van der Waals surface area contributed by atoms with Crippen molar-refractivity contribution in [2.24, 2.45) is 11.7 Å². The average molecular weight is 217 g/mol. The maximum absolute atomic E-state index is 6.32. The minimum Gasteiger partial charge on any atom is -0.327 e. The molecule has 0 amide bonds. The topological polar surface area (TPSA) is 26.0 Å². The molecule has 1 saturated carbocycles. The van der Waals surface area contributed by atoms with Crippen molar-refractivity contribution in [2.45, 2.75) is 51.5 Å². The van der Waals surface area contributed by atoms with Crippen molar-refractivity contribution in [2.75, 3.05) is 0 Å². The average Bonchev–Trinajstić information content (AvgIpc) is 2.33. The number of aryl methyl sites for hydroxylation is 1. The summed E-state index contributed by atoms with van der Waals surface area (Å²) >= 11 is 0. The molecule has 1 unspecified atom stereocenters. The third-order valence-corrected chi connectivity index (χ3v) is 3.85. The lowest BCUT2D eigenvalue weighted by Crippen LogP contribution is -2.33.